The van der Waals surface area contributed by atoms with E-state index in [9.17, 15) is 5.11 Å². The zero-order valence-corrected chi connectivity index (χ0v) is 9.49. The van der Waals surface area contributed by atoms with Crippen molar-refractivity contribution in [2.24, 2.45) is 5.10 Å². The van der Waals surface area contributed by atoms with Crippen molar-refractivity contribution in [3.8, 4) is 5.75 Å². The zero-order chi connectivity index (χ0) is 12.4. The summed E-state index contributed by atoms with van der Waals surface area (Å²) in [6.45, 7) is 0. The number of nitrogens with one attached hydrogen (secondary N) is 1. The number of hydrogen-bond acceptors (Lipinski definition) is 5. The van der Waals surface area contributed by atoms with Crippen LogP contribution in [0.4, 0.5) is 11.4 Å². The topological polar surface area (TPSA) is 51.1 Å². The fourth-order valence-corrected chi connectivity index (χ4v) is 1.75. The molecule has 3 rings (SSSR count). The first-order valence-electron chi connectivity index (χ1n) is 5.50. The second kappa shape index (κ2) is 4.29. The molecular weight excluding hydrogens is 228 g/mol. The van der Waals surface area contributed by atoms with Crippen LogP contribution in [-0.2, 0) is 0 Å². The van der Waals surface area contributed by atoms with Crippen molar-refractivity contribution in [2.75, 3.05) is 10.1 Å². The molecule has 2 aromatic carbocycles. The van der Waals surface area contributed by atoms with Crippen LogP contribution in [0.3, 0.4) is 0 Å². The molecule has 2 N–H and O–H groups in total. The van der Waals surface area contributed by atoms with Crippen molar-refractivity contribution in [3.63, 3.8) is 0 Å². The average molecular weight is 239 g/mol. The van der Waals surface area contributed by atoms with E-state index in [4.69, 9.17) is 0 Å². The number of para-hydroxylation sites is 1. The maximum absolute atomic E-state index is 9.51. The molecule has 5 nitrogen and oxygen atoms in total. The van der Waals surface area contributed by atoms with Gasteiger partial charge in [0.25, 0.3) is 0 Å². The number of benzene rings is 2. The number of hydrogen-bond donors (Lipinski definition) is 2. The van der Waals surface area contributed by atoms with Crippen LogP contribution in [0.2, 0.25) is 0 Å². The molecule has 1 aliphatic rings. The number of nitrogens with zero attached hydrogens (tertiary/aromatic N) is 3. The van der Waals surface area contributed by atoms with Crippen LogP contribution in [-0.4, -0.2) is 11.4 Å². The number of phenols is 1. The molecule has 1 heterocycles. The van der Waals surface area contributed by atoms with Gasteiger partial charge in [-0.2, -0.15) is 10.7 Å². The lowest BCUT2D eigenvalue weighted by atomic mass is 10.3. The summed E-state index contributed by atoms with van der Waals surface area (Å²) in [6, 6.07) is 16.6. The first kappa shape index (κ1) is 10.5. The highest BCUT2D eigenvalue weighted by molar-refractivity contribution is 5.85. The van der Waals surface area contributed by atoms with E-state index in [0.717, 1.165) is 11.4 Å². The molecule has 0 saturated carbocycles. The maximum Gasteiger partial charge on any atom is 0.222 e. The summed E-state index contributed by atoms with van der Waals surface area (Å²) in [6.07, 6.45) is 2.81. The molecule has 18 heavy (non-hydrogen) atoms. The fourth-order valence-electron chi connectivity index (χ4n) is 1.75. The number of anilines is 2. The zero-order valence-electron chi connectivity index (χ0n) is 9.49. The van der Waals surface area contributed by atoms with Crippen LogP contribution in [0.15, 0.2) is 59.7 Å². The molecule has 5 heteroatoms. The molecule has 89 valence electrons. The van der Waals surface area contributed by atoms with Crippen molar-refractivity contribution in [3.05, 3.63) is 54.6 Å². The normalized spacial score (nSPS) is 13.8. The lowest BCUT2D eigenvalue weighted by molar-refractivity contribution is 0.475. The Balaban J connectivity index is 1.94. The van der Waals surface area contributed by atoms with E-state index in [1.807, 2.05) is 36.4 Å². The third-order valence-corrected chi connectivity index (χ3v) is 2.56. The molecule has 0 saturated heterocycles. The third-order valence-electron chi connectivity index (χ3n) is 2.56. The highest BCUT2D eigenvalue weighted by Crippen LogP contribution is 2.24. The van der Waals surface area contributed by atoms with Crippen LogP contribution in [0, 0.1) is 0 Å². The summed E-state index contributed by atoms with van der Waals surface area (Å²) in [5.74, 6) is 0.203. The highest BCUT2D eigenvalue weighted by atomic mass is 16.3. The molecule has 0 aromatic heterocycles. The number of aromatic hydroxyl groups is 1. The van der Waals surface area contributed by atoms with Crippen molar-refractivity contribution >= 4 is 17.7 Å². The Bertz CT molecular complexity index is 570. The monoisotopic (exact) mass is 239 g/mol. The van der Waals surface area contributed by atoms with Gasteiger partial charge in [-0.1, -0.05) is 24.3 Å². The summed E-state index contributed by atoms with van der Waals surface area (Å²) < 4.78 is 0. The van der Waals surface area contributed by atoms with Crippen LogP contribution >= 0.6 is 0 Å². The third kappa shape index (κ3) is 1.82. The Morgan fingerprint density at radius 1 is 1.00 bits per heavy atom. The molecule has 0 unspecified atom stereocenters. The minimum atomic E-state index is 0.203. The SMILES string of the molecule is Oc1cccc(N2[C]=NNN2c2ccccc2)c1. The largest absolute Gasteiger partial charge is 0.508 e. The maximum atomic E-state index is 9.51. The van der Waals surface area contributed by atoms with Gasteiger partial charge >= 0.3 is 0 Å². The van der Waals surface area contributed by atoms with Gasteiger partial charge in [0.1, 0.15) is 5.75 Å². The molecule has 0 aliphatic carbocycles. The lowest BCUT2D eigenvalue weighted by Crippen LogP contribution is -2.43. The first-order valence-corrected chi connectivity index (χ1v) is 5.50. The Hall–Kier alpha value is -2.69. The van der Waals surface area contributed by atoms with Gasteiger partial charge in [0.15, 0.2) is 0 Å². The molecule has 0 atom stereocenters. The van der Waals surface area contributed by atoms with Crippen molar-refractivity contribution in [1.29, 1.82) is 0 Å². The van der Waals surface area contributed by atoms with Crippen LogP contribution in [0.25, 0.3) is 0 Å². The second-order valence-electron chi connectivity index (χ2n) is 3.79. The van der Waals surface area contributed by atoms with Gasteiger partial charge in [-0.05, 0) is 24.3 Å². The smallest absolute Gasteiger partial charge is 0.222 e. The van der Waals surface area contributed by atoms with Crippen LogP contribution in [0.5, 0.6) is 5.75 Å². The minimum absolute atomic E-state index is 0.203. The second-order valence-corrected chi connectivity index (χ2v) is 3.79. The van der Waals surface area contributed by atoms with E-state index in [1.54, 1.807) is 28.3 Å². The fraction of sp³-hybridized carbons (Fsp3) is 0. The van der Waals surface area contributed by atoms with Gasteiger partial charge in [0.05, 0.1) is 11.4 Å². The summed E-state index contributed by atoms with van der Waals surface area (Å²) in [7, 11) is 0. The molecular formula is C13H11N4O. The van der Waals surface area contributed by atoms with E-state index in [0.29, 0.717) is 0 Å². The summed E-state index contributed by atoms with van der Waals surface area (Å²) in [5.41, 5.74) is 4.53. The number of phenolic OH excluding ortho intramolecular Hbond substituents is 1. The Kier molecular flexibility index (Phi) is 2.49. The predicted molar refractivity (Wildman–Crippen MR) is 70.1 cm³/mol. The minimum Gasteiger partial charge on any atom is -0.508 e. The predicted octanol–water partition coefficient (Wildman–Crippen LogP) is 1.96. The number of hydrazine groups is 2. The Morgan fingerprint density at radius 2 is 1.78 bits per heavy atom. The Labute approximate surface area is 105 Å². The molecule has 0 fully saturated rings. The molecule has 0 amide bonds. The Morgan fingerprint density at radius 3 is 2.56 bits per heavy atom. The first-order chi connectivity index (χ1) is 8.84. The quantitative estimate of drug-likeness (QED) is 0.841. The van der Waals surface area contributed by atoms with Crippen molar-refractivity contribution < 1.29 is 5.11 Å². The van der Waals surface area contributed by atoms with Crippen LogP contribution < -0.4 is 15.7 Å². The van der Waals surface area contributed by atoms with Crippen molar-refractivity contribution in [2.45, 2.75) is 0 Å². The van der Waals surface area contributed by atoms with Crippen molar-refractivity contribution in [1.82, 2.24) is 5.53 Å². The molecule has 1 radical (unpaired) electrons. The standard InChI is InChI=1S/C13H11N4O/c18-13-8-4-7-12(9-13)16-10-14-15-17(16)11-5-2-1-3-6-11/h1-9,15,18H. The lowest BCUT2D eigenvalue weighted by Gasteiger charge is -2.27. The number of rotatable bonds is 2. The van der Waals surface area contributed by atoms with Gasteiger partial charge in [-0.15, -0.1) is 5.10 Å². The van der Waals surface area contributed by atoms with Gasteiger partial charge in [0.2, 0.25) is 6.34 Å². The molecule has 0 spiro atoms. The summed E-state index contributed by atoms with van der Waals surface area (Å²) in [4.78, 5) is 0. The van der Waals surface area contributed by atoms with Gasteiger partial charge in [-0.25, -0.2) is 5.01 Å². The van der Waals surface area contributed by atoms with E-state index < -0.39 is 0 Å². The van der Waals surface area contributed by atoms with E-state index in [2.05, 4.69) is 17.0 Å². The summed E-state index contributed by atoms with van der Waals surface area (Å²) >= 11 is 0. The van der Waals surface area contributed by atoms with E-state index in [-0.39, 0.29) is 5.75 Å². The van der Waals surface area contributed by atoms with E-state index >= 15 is 0 Å². The molecule has 0 bridgehead atoms. The van der Waals surface area contributed by atoms with Crippen LogP contribution in [0.1, 0.15) is 0 Å². The van der Waals surface area contributed by atoms with E-state index in [1.165, 1.54) is 0 Å². The average Bonchev–Trinajstić information content (AvgIpc) is 2.89. The molecule has 1 aliphatic heterocycles. The summed E-state index contributed by atoms with van der Waals surface area (Å²) in [5, 5.41) is 16.8. The highest BCUT2D eigenvalue weighted by Gasteiger charge is 2.20. The van der Waals surface area contributed by atoms with Gasteiger partial charge < -0.3 is 5.11 Å². The number of hydrazone groups is 1. The van der Waals surface area contributed by atoms with Gasteiger partial charge in [0, 0.05) is 6.07 Å². The van der Waals surface area contributed by atoms with Gasteiger partial charge in [-0.3, -0.25) is 0 Å². The molecule has 2 aromatic rings.